The Labute approximate surface area is 200 Å². The third kappa shape index (κ3) is 14.4. The lowest BCUT2D eigenvalue weighted by Crippen LogP contribution is -2.49. The van der Waals surface area contributed by atoms with Gasteiger partial charge in [0.1, 0.15) is 5.60 Å². The average molecular weight is 457 g/mol. The summed E-state index contributed by atoms with van der Waals surface area (Å²) in [6.45, 7) is 20.8. The van der Waals surface area contributed by atoms with E-state index in [9.17, 15) is 9.90 Å². The summed E-state index contributed by atoms with van der Waals surface area (Å²) in [4.78, 5) is 16.8. The molecule has 0 aromatic heterocycles. The summed E-state index contributed by atoms with van der Waals surface area (Å²) >= 11 is 0. The Balaban J connectivity index is 5.88. The second-order valence-corrected chi connectivity index (χ2v) is 10.2. The molecule has 192 valence electrons. The standard InChI is InChI=1S/C27H56N2O3/c1-8-13-18-28(19-14-9-2)23-24(22-27(6,7)32-26(30)31)25(17-12-5)29(20-15-10-3)21-16-11-4/h24-25H,8-23H2,1-7H3,(H,30,31). The van der Waals surface area contributed by atoms with Crippen molar-refractivity contribution in [3.63, 3.8) is 0 Å². The van der Waals surface area contributed by atoms with Gasteiger partial charge in [0.05, 0.1) is 0 Å². The van der Waals surface area contributed by atoms with Crippen molar-refractivity contribution in [1.29, 1.82) is 0 Å². The summed E-state index contributed by atoms with van der Waals surface area (Å²) in [6.07, 6.45) is 11.6. The van der Waals surface area contributed by atoms with Crippen molar-refractivity contribution in [2.24, 2.45) is 5.92 Å². The fraction of sp³-hybridized carbons (Fsp3) is 0.963. The maximum Gasteiger partial charge on any atom is 0.506 e. The van der Waals surface area contributed by atoms with Crippen LogP contribution >= 0.6 is 0 Å². The van der Waals surface area contributed by atoms with Gasteiger partial charge in [0.2, 0.25) is 0 Å². The SMILES string of the molecule is CCCCN(CCCC)CC(CC(C)(C)OC(=O)O)C(CCC)N(CCCC)CCCC. The zero-order valence-corrected chi connectivity index (χ0v) is 22.6. The summed E-state index contributed by atoms with van der Waals surface area (Å²) in [5, 5.41) is 9.32. The van der Waals surface area contributed by atoms with Crippen LogP contribution in [0.4, 0.5) is 4.79 Å². The normalized spacial score (nSPS) is 14.2. The van der Waals surface area contributed by atoms with E-state index >= 15 is 0 Å². The van der Waals surface area contributed by atoms with E-state index in [4.69, 9.17) is 4.74 Å². The Morgan fingerprint density at radius 2 is 1.28 bits per heavy atom. The summed E-state index contributed by atoms with van der Waals surface area (Å²) in [7, 11) is 0. The molecule has 0 saturated carbocycles. The molecular weight excluding hydrogens is 400 g/mol. The lowest BCUT2D eigenvalue weighted by molar-refractivity contribution is -0.0262. The molecule has 0 radical (unpaired) electrons. The summed E-state index contributed by atoms with van der Waals surface area (Å²) in [6, 6.07) is 0.473. The first-order valence-corrected chi connectivity index (χ1v) is 13.6. The van der Waals surface area contributed by atoms with E-state index < -0.39 is 11.8 Å². The molecule has 0 spiro atoms. The van der Waals surface area contributed by atoms with Crippen molar-refractivity contribution in [1.82, 2.24) is 9.80 Å². The van der Waals surface area contributed by atoms with Gasteiger partial charge >= 0.3 is 6.16 Å². The number of carboxylic acid groups (broad SMARTS) is 1. The van der Waals surface area contributed by atoms with Gasteiger partial charge in [-0.05, 0) is 84.5 Å². The number of rotatable bonds is 21. The predicted octanol–water partition coefficient (Wildman–Crippen LogP) is 7.44. The first-order chi connectivity index (χ1) is 15.2. The van der Waals surface area contributed by atoms with Crippen molar-refractivity contribution >= 4 is 6.16 Å². The van der Waals surface area contributed by atoms with Gasteiger partial charge in [-0.1, -0.05) is 66.7 Å². The van der Waals surface area contributed by atoms with E-state index in [1.807, 2.05) is 13.8 Å². The Kier molecular flexibility index (Phi) is 18.1. The van der Waals surface area contributed by atoms with Crippen LogP contribution in [0.25, 0.3) is 0 Å². The highest BCUT2D eigenvalue weighted by Gasteiger charge is 2.35. The molecule has 5 heteroatoms. The largest absolute Gasteiger partial charge is 0.506 e. The van der Waals surface area contributed by atoms with Crippen LogP contribution in [-0.2, 0) is 4.74 Å². The van der Waals surface area contributed by atoms with E-state index in [1.165, 1.54) is 51.4 Å². The lowest BCUT2D eigenvalue weighted by atomic mass is 9.84. The number of ether oxygens (including phenoxy) is 1. The first-order valence-electron chi connectivity index (χ1n) is 13.6. The molecule has 2 atom stereocenters. The fourth-order valence-corrected chi connectivity index (χ4v) is 4.80. The molecule has 0 aliphatic carbocycles. The van der Waals surface area contributed by atoms with Crippen molar-refractivity contribution in [2.45, 2.75) is 131 Å². The third-order valence-electron chi connectivity index (χ3n) is 6.46. The fourth-order valence-electron chi connectivity index (χ4n) is 4.80. The molecule has 32 heavy (non-hydrogen) atoms. The number of carbonyl (C=O) groups is 1. The Hall–Kier alpha value is -0.810. The molecule has 0 aliphatic heterocycles. The van der Waals surface area contributed by atoms with Gasteiger partial charge in [0.15, 0.2) is 0 Å². The lowest BCUT2D eigenvalue weighted by Gasteiger charge is -2.42. The number of nitrogens with zero attached hydrogens (tertiary/aromatic N) is 2. The van der Waals surface area contributed by atoms with Gasteiger partial charge in [0.25, 0.3) is 0 Å². The van der Waals surface area contributed by atoms with Crippen LogP contribution in [0.5, 0.6) is 0 Å². The van der Waals surface area contributed by atoms with Crippen LogP contribution < -0.4 is 0 Å². The van der Waals surface area contributed by atoms with Gasteiger partial charge in [-0.25, -0.2) is 4.79 Å². The van der Waals surface area contributed by atoms with Gasteiger partial charge in [-0.2, -0.15) is 0 Å². The van der Waals surface area contributed by atoms with Crippen LogP contribution in [0, 0.1) is 5.92 Å². The summed E-state index contributed by atoms with van der Waals surface area (Å²) in [5.74, 6) is 0.395. The van der Waals surface area contributed by atoms with Gasteiger partial charge < -0.3 is 19.6 Å². The maximum atomic E-state index is 11.4. The monoisotopic (exact) mass is 456 g/mol. The highest BCUT2D eigenvalue weighted by Crippen LogP contribution is 2.30. The predicted molar refractivity (Wildman–Crippen MR) is 138 cm³/mol. The van der Waals surface area contributed by atoms with Gasteiger partial charge in [-0.3, -0.25) is 0 Å². The molecule has 0 fully saturated rings. The van der Waals surface area contributed by atoms with Crippen molar-refractivity contribution < 1.29 is 14.6 Å². The molecule has 2 unspecified atom stereocenters. The number of hydrogen-bond acceptors (Lipinski definition) is 4. The number of unbranched alkanes of at least 4 members (excludes halogenated alkanes) is 4. The first kappa shape index (κ1) is 31.2. The minimum atomic E-state index is -1.16. The zero-order valence-electron chi connectivity index (χ0n) is 22.6. The molecule has 0 aromatic rings. The minimum Gasteiger partial charge on any atom is -0.450 e. The molecule has 1 N–H and O–H groups in total. The molecular formula is C27H56N2O3. The number of hydrogen-bond donors (Lipinski definition) is 1. The Bertz CT molecular complexity index is 440. The van der Waals surface area contributed by atoms with Crippen molar-refractivity contribution in [3.05, 3.63) is 0 Å². The van der Waals surface area contributed by atoms with Crippen LogP contribution in [0.2, 0.25) is 0 Å². The second kappa shape index (κ2) is 18.6. The minimum absolute atomic E-state index is 0.395. The topological polar surface area (TPSA) is 53.0 Å². The maximum absolute atomic E-state index is 11.4. The molecule has 0 heterocycles. The quantitative estimate of drug-likeness (QED) is 0.182. The molecule has 0 rings (SSSR count). The van der Waals surface area contributed by atoms with E-state index in [1.54, 1.807) is 0 Å². The van der Waals surface area contributed by atoms with Crippen LogP contribution in [0.1, 0.15) is 119 Å². The van der Waals surface area contributed by atoms with Crippen molar-refractivity contribution in [3.8, 4) is 0 Å². The Morgan fingerprint density at radius 1 is 0.812 bits per heavy atom. The summed E-state index contributed by atoms with van der Waals surface area (Å²) in [5.41, 5.74) is -0.676. The molecule has 0 saturated heterocycles. The van der Waals surface area contributed by atoms with Crippen molar-refractivity contribution in [2.75, 3.05) is 32.7 Å². The molecule has 0 amide bonds. The van der Waals surface area contributed by atoms with Gasteiger partial charge in [0, 0.05) is 12.6 Å². The smallest absolute Gasteiger partial charge is 0.450 e. The van der Waals surface area contributed by atoms with E-state index in [-0.39, 0.29) is 0 Å². The molecule has 0 aliphatic rings. The van der Waals surface area contributed by atoms with Crippen LogP contribution in [-0.4, -0.2) is 65.4 Å². The van der Waals surface area contributed by atoms with Gasteiger partial charge in [-0.15, -0.1) is 0 Å². The highest BCUT2D eigenvalue weighted by atomic mass is 16.7. The molecule has 0 bridgehead atoms. The Morgan fingerprint density at radius 3 is 1.69 bits per heavy atom. The van der Waals surface area contributed by atoms with Crippen LogP contribution in [0.15, 0.2) is 0 Å². The average Bonchev–Trinajstić information content (AvgIpc) is 2.72. The molecule has 0 aromatic carbocycles. The van der Waals surface area contributed by atoms with E-state index in [0.717, 1.165) is 52.0 Å². The second-order valence-electron chi connectivity index (χ2n) is 10.2. The summed E-state index contributed by atoms with van der Waals surface area (Å²) < 4.78 is 5.36. The zero-order chi connectivity index (χ0) is 24.4. The third-order valence-corrected chi connectivity index (χ3v) is 6.46. The molecule has 5 nitrogen and oxygen atoms in total. The van der Waals surface area contributed by atoms with E-state index in [2.05, 4.69) is 44.4 Å². The van der Waals surface area contributed by atoms with Crippen LogP contribution in [0.3, 0.4) is 0 Å². The highest BCUT2D eigenvalue weighted by molar-refractivity contribution is 5.57. The van der Waals surface area contributed by atoms with E-state index in [0.29, 0.717) is 12.0 Å².